The molecular weight excluding hydrogens is 378 g/mol. The quantitative estimate of drug-likeness (QED) is 0.532. The Kier molecular flexibility index (Phi) is 5.38. The van der Waals surface area contributed by atoms with Crippen molar-refractivity contribution >= 4 is 11.6 Å². The van der Waals surface area contributed by atoms with Crippen molar-refractivity contribution in [1.29, 1.82) is 0 Å². The van der Waals surface area contributed by atoms with Gasteiger partial charge in [-0.15, -0.1) is 5.10 Å². The number of benzene rings is 2. The van der Waals surface area contributed by atoms with Gasteiger partial charge in [0.2, 0.25) is 0 Å². The molecule has 0 saturated heterocycles. The lowest BCUT2D eigenvalue weighted by molar-refractivity contribution is 0.102. The van der Waals surface area contributed by atoms with Crippen LogP contribution in [0.15, 0.2) is 60.9 Å². The maximum absolute atomic E-state index is 12.8. The van der Waals surface area contributed by atoms with Gasteiger partial charge in [-0.1, -0.05) is 42.0 Å². The number of anilines is 1. The van der Waals surface area contributed by atoms with Gasteiger partial charge < -0.3 is 5.32 Å². The Morgan fingerprint density at radius 1 is 1.13 bits per heavy atom. The molecule has 0 fully saturated rings. The molecule has 4 rings (SSSR count). The highest BCUT2D eigenvalue weighted by molar-refractivity contribution is 6.04. The van der Waals surface area contributed by atoms with Crippen LogP contribution in [0, 0.1) is 6.92 Å². The van der Waals surface area contributed by atoms with Gasteiger partial charge in [0, 0.05) is 17.3 Å². The zero-order valence-electron chi connectivity index (χ0n) is 17.1. The van der Waals surface area contributed by atoms with Crippen LogP contribution in [-0.2, 0) is 6.54 Å². The SMILES string of the molecule is Cc1ccc(Cn2cc(NC(=O)c3cccc(-c4nnnn4C(C)C)c3)cn2)cc1. The van der Waals surface area contributed by atoms with E-state index in [0.29, 0.717) is 23.6 Å². The first-order valence-corrected chi connectivity index (χ1v) is 9.77. The Morgan fingerprint density at radius 3 is 2.70 bits per heavy atom. The summed E-state index contributed by atoms with van der Waals surface area (Å²) in [5.74, 6) is 0.417. The summed E-state index contributed by atoms with van der Waals surface area (Å²) in [4.78, 5) is 12.8. The average molecular weight is 401 g/mol. The molecular formula is C22H23N7O. The Morgan fingerprint density at radius 2 is 1.93 bits per heavy atom. The lowest BCUT2D eigenvalue weighted by Crippen LogP contribution is -2.12. The van der Waals surface area contributed by atoms with Crippen molar-refractivity contribution in [3.8, 4) is 11.4 Å². The Balaban J connectivity index is 1.47. The molecule has 0 spiro atoms. The standard InChI is InChI=1S/C22H23N7O/c1-15(2)29-21(25-26-27-29)18-5-4-6-19(11-18)22(30)24-20-12-23-28(14-20)13-17-9-7-16(3)8-10-17/h4-12,14-15H,13H2,1-3H3,(H,24,30). The van der Waals surface area contributed by atoms with Crippen LogP contribution in [-0.4, -0.2) is 35.9 Å². The van der Waals surface area contributed by atoms with E-state index in [1.807, 2.05) is 32.2 Å². The summed E-state index contributed by atoms with van der Waals surface area (Å²) in [6.07, 6.45) is 3.47. The fourth-order valence-corrected chi connectivity index (χ4v) is 3.13. The highest BCUT2D eigenvalue weighted by Gasteiger charge is 2.14. The third-order valence-corrected chi connectivity index (χ3v) is 4.72. The summed E-state index contributed by atoms with van der Waals surface area (Å²) in [7, 11) is 0. The van der Waals surface area contributed by atoms with Gasteiger partial charge in [-0.2, -0.15) is 5.10 Å². The highest BCUT2D eigenvalue weighted by atomic mass is 16.1. The Hall–Kier alpha value is -3.81. The van der Waals surface area contributed by atoms with Crippen LogP contribution in [0.3, 0.4) is 0 Å². The van der Waals surface area contributed by atoms with E-state index in [1.165, 1.54) is 5.56 Å². The van der Waals surface area contributed by atoms with Crippen LogP contribution >= 0.6 is 0 Å². The minimum atomic E-state index is -0.213. The molecule has 1 amide bonds. The molecule has 2 heterocycles. The van der Waals surface area contributed by atoms with Crippen LogP contribution in [0.5, 0.6) is 0 Å². The van der Waals surface area contributed by atoms with Gasteiger partial charge in [-0.05, 0) is 48.9 Å². The zero-order chi connectivity index (χ0) is 21.1. The van der Waals surface area contributed by atoms with Crippen molar-refractivity contribution in [3.05, 3.63) is 77.6 Å². The Labute approximate surface area is 174 Å². The van der Waals surface area contributed by atoms with Crippen LogP contribution in [0.4, 0.5) is 5.69 Å². The van der Waals surface area contributed by atoms with E-state index in [0.717, 1.165) is 11.1 Å². The second-order valence-electron chi connectivity index (χ2n) is 7.49. The van der Waals surface area contributed by atoms with E-state index in [2.05, 4.69) is 57.1 Å². The van der Waals surface area contributed by atoms with E-state index in [4.69, 9.17) is 0 Å². The van der Waals surface area contributed by atoms with Crippen molar-refractivity contribution in [3.63, 3.8) is 0 Å². The molecule has 0 aliphatic carbocycles. The van der Waals surface area contributed by atoms with Gasteiger partial charge in [0.1, 0.15) is 0 Å². The molecule has 0 unspecified atom stereocenters. The second kappa shape index (κ2) is 8.28. The summed E-state index contributed by atoms with van der Waals surface area (Å²) in [5, 5.41) is 19.1. The number of hydrogen-bond donors (Lipinski definition) is 1. The molecule has 1 N–H and O–H groups in total. The number of amides is 1. The number of carbonyl (C=O) groups is 1. The number of tetrazole rings is 1. The minimum Gasteiger partial charge on any atom is -0.319 e. The average Bonchev–Trinajstić information content (AvgIpc) is 3.39. The first kappa shape index (κ1) is 19.5. The maximum atomic E-state index is 12.8. The number of aromatic nitrogens is 6. The molecule has 152 valence electrons. The number of nitrogens with one attached hydrogen (secondary N) is 1. The van der Waals surface area contributed by atoms with Gasteiger partial charge in [-0.25, -0.2) is 4.68 Å². The summed E-state index contributed by atoms with van der Waals surface area (Å²) >= 11 is 0. The molecule has 2 aromatic carbocycles. The van der Waals surface area contributed by atoms with Gasteiger partial charge in [-0.3, -0.25) is 9.48 Å². The van der Waals surface area contributed by atoms with Crippen LogP contribution in [0.1, 0.15) is 41.4 Å². The molecule has 0 aliphatic heterocycles. The summed E-state index contributed by atoms with van der Waals surface area (Å²) < 4.78 is 3.53. The van der Waals surface area contributed by atoms with Crippen molar-refractivity contribution in [2.45, 2.75) is 33.4 Å². The smallest absolute Gasteiger partial charge is 0.255 e. The predicted octanol–water partition coefficient (Wildman–Crippen LogP) is 3.73. The van der Waals surface area contributed by atoms with E-state index < -0.39 is 0 Å². The molecule has 4 aromatic rings. The fraction of sp³-hybridized carbons (Fsp3) is 0.227. The molecule has 2 aromatic heterocycles. The highest BCUT2D eigenvalue weighted by Crippen LogP contribution is 2.21. The lowest BCUT2D eigenvalue weighted by atomic mass is 10.1. The molecule has 8 heteroatoms. The molecule has 0 atom stereocenters. The summed E-state index contributed by atoms with van der Waals surface area (Å²) in [6.45, 7) is 6.71. The van der Waals surface area contributed by atoms with Crippen molar-refractivity contribution < 1.29 is 4.79 Å². The first-order chi connectivity index (χ1) is 14.5. The van der Waals surface area contributed by atoms with Crippen molar-refractivity contribution in [2.24, 2.45) is 0 Å². The number of aryl methyl sites for hydroxylation is 1. The monoisotopic (exact) mass is 401 g/mol. The van der Waals surface area contributed by atoms with Gasteiger partial charge >= 0.3 is 0 Å². The van der Waals surface area contributed by atoms with Crippen LogP contribution < -0.4 is 5.32 Å². The first-order valence-electron chi connectivity index (χ1n) is 9.77. The van der Waals surface area contributed by atoms with E-state index in [-0.39, 0.29) is 11.9 Å². The van der Waals surface area contributed by atoms with Crippen LogP contribution in [0.2, 0.25) is 0 Å². The van der Waals surface area contributed by atoms with E-state index in [9.17, 15) is 4.79 Å². The largest absolute Gasteiger partial charge is 0.319 e. The normalized spacial score (nSPS) is 11.1. The van der Waals surface area contributed by atoms with Gasteiger partial charge in [0.25, 0.3) is 5.91 Å². The molecule has 30 heavy (non-hydrogen) atoms. The van der Waals surface area contributed by atoms with Gasteiger partial charge in [0.15, 0.2) is 5.82 Å². The topological polar surface area (TPSA) is 90.5 Å². The van der Waals surface area contributed by atoms with Crippen LogP contribution in [0.25, 0.3) is 11.4 Å². The fourth-order valence-electron chi connectivity index (χ4n) is 3.13. The molecule has 0 bridgehead atoms. The third kappa shape index (κ3) is 4.27. The molecule has 8 nitrogen and oxygen atoms in total. The second-order valence-corrected chi connectivity index (χ2v) is 7.49. The number of carbonyl (C=O) groups excluding carboxylic acids is 1. The predicted molar refractivity (Wildman–Crippen MR) is 114 cm³/mol. The number of rotatable bonds is 6. The summed E-state index contributed by atoms with van der Waals surface area (Å²) in [6, 6.07) is 15.7. The van der Waals surface area contributed by atoms with E-state index in [1.54, 1.807) is 27.7 Å². The minimum absolute atomic E-state index is 0.117. The third-order valence-electron chi connectivity index (χ3n) is 4.72. The maximum Gasteiger partial charge on any atom is 0.255 e. The van der Waals surface area contributed by atoms with Crippen molar-refractivity contribution in [1.82, 2.24) is 30.0 Å². The van der Waals surface area contributed by atoms with Crippen molar-refractivity contribution in [2.75, 3.05) is 5.32 Å². The number of nitrogens with zero attached hydrogens (tertiary/aromatic N) is 6. The Bertz CT molecular complexity index is 1160. The summed E-state index contributed by atoms with van der Waals surface area (Å²) in [5.41, 5.74) is 4.33. The van der Waals surface area contributed by atoms with Gasteiger partial charge in [0.05, 0.1) is 24.5 Å². The molecule has 0 aliphatic rings. The zero-order valence-corrected chi connectivity index (χ0v) is 17.1. The lowest BCUT2D eigenvalue weighted by Gasteiger charge is -2.09. The number of hydrogen-bond acceptors (Lipinski definition) is 5. The van der Waals surface area contributed by atoms with E-state index >= 15 is 0 Å². The molecule has 0 radical (unpaired) electrons. The molecule has 0 saturated carbocycles.